The Bertz CT molecular complexity index is 470. The number of carbonyl (C=O) groups is 1. The number of halogens is 3. The maximum atomic E-state index is 12.2. The minimum atomic E-state index is -2.90. The smallest absolute Gasteiger partial charge is 0.387 e. The monoisotopic (exact) mass is 320 g/mol. The number of hydrogen-bond acceptors (Lipinski definition) is 3. The van der Waals surface area contributed by atoms with Gasteiger partial charge in [-0.3, -0.25) is 4.79 Å². The molecular weight excluding hydrogens is 302 g/mol. The van der Waals surface area contributed by atoms with Crippen molar-refractivity contribution in [3.05, 3.63) is 29.8 Å². The molecule has 2 rings (SSSR count). The molecule has 0 spiro atoms. The van der Waals surface area contributed by atoms with Crippen LogP contribution in [0.15, 0.2) is 24.3 Å². The largest absolute Gasteiger partial charge is 0.435 e. The molecule has 21 heavy (non-hydrogen) atoms. The number of benzene rings is 1. The number of ether oxygens (including phenoxy) is 1. The Morgan fingerprint density at radius 3 is 2.67 bits per heavy atom. The van der Waals surface area contributed by atoms with E-state index in [4.69, 9.17) is 5.73 Å². The number of alkyl halides is 2. The topological polar surface area (TPSA) is 64.3 Å². The number of carbonyl (C=O) groups excluding carboxylic acids is 1. The molecule has 1 fully saturated rings. The zero-order valence-corrected chi connectivity index (χ0v) is 12.2. The van der Waals surface area contributed by atoms with E-state index in [1.807, 2.05) is 0 Å². The fourth-order valence-electron chi connectivity index (χ4n) is 2.02. The van der Waals surface area contributed by atoms with E-state index in [9.17, 15) is 13.6 Å². The van der Waals surface area contributed by atoms with Gasteiger partial charge in [0.15, 0.2) is 0 Å². The summed E-state index contributed by atoms with van der Waals surface area (Å²) in [5.41, 5.74) is 6.31. The lowest BCUT2D eigenvalue weighted by Gasteiger charge is -2.13. The average Bonchev–Trinajstić information content (AvgIpc) is 3.22. The highest BCUT2D eigenvalue weighted by Crippen LogP contribution is 2.31. The van der Waals surface area contributed by atoms with Gasteiger partial charge in [-0.05, 0) is 24.8 Å². The van der Waals surface area contributed by atoms with Crippen LogP contribution in [0.25, 0.3) is 0 Å². The zero-order valence-electron chi connectivity index (χ0n) is 11.4. The van der Waals surface area contributed by atoms with E-state index >= 15 is 0 Å². The van der Waals surface area contributed by atoms with Crippen LogP contribution in [0.1, 0.15) is 18.4 Å². The summed E-state index contributed by atoms with van der Waals surface area (Å²) in [6.45, 7) is -2.48. The van der Waals surface area contributed by atoms with Crippen LogP contribution in [0.3, 0.4) is 0 Å². The van der Waals surface area contributed by atoms with Gasteiger partial charge >= 0.3 is 6.61 Å². The average molecular weight is 321 g/mol. The van der Waals surface area contributed by atoms with Gasteiger partial charge in [0.25, 0.3) is 0 Å². The molecular formula is C14H19ClF2N2O2. The van der Waals surface area contributed by atoms with Gasteiger partial charge < -0.3 is 15.8 Å². The van der Waals surface area contributed by atoms with Crippen molar-refractivity contribution >= 4 is 18.3 Å². The molecule has 1 atom stereocenters. The quantitative estimate of drug-likeness (QED) is 0.808. The fraction of sp³-hybridized carbons (Fsp3) is 0.500. The van der Waals surface area contributed by atoms with Gasteiger partial charge in [-0.1, -0.05) is 18.2 Å². The minimum absolute atomic E-state index is 0. The van der Waals surface area contributed by atoms with E-state index in [0.717, 1.165) is 12.8 Å². The summed E-state index contributed by atoms with van der Waals surface area (Å²) in [5.74, 6) is 0.292. The van der Waals surface area contributed by atoms with E-state index in [-0.39, 0.29) is 36.5 Å². The van der Waals surface area contributed by atoms with Gasteiger partial charge in [0, 0.05) is 18.2 Å². The van der Waals surface area contributed by atoms with E-state index in [0.29, 0.717) is 18.0 Å². The number of hydrogen-bond donors (Lipinski definition) is 2. The van der Waals surface area contributed by atoms with Gasteiger partial charge in [0.05, 0.1) is 6.42 Å². The maximum absolute atomic E-state index is 12.2. The standard InChI is InChI=1S/C14H18F2N2O2.ClH/c15-14(16)20-12-4-2-1-3-10(12)7-13(19)18-8-11(17)9-5-6-9;/h1-4,9,11,14H,5-8,17H2,(H,18,19);1H. The number of nitrogens with two attached hydrogens (primary N) is 1. The summed E-state index contributed by atoms with van der Waals surface area (Å²) in [6, 6.07) is 6.26. The summed E-state index contributed by atoms with van der Waals surface area (Å²) < 4.78 is 28.9. The highest BCUT2D eigenvalue weighted by atomic mass is 35.5. The third-order valence-electron chi connectivity index (χ3n) is 3.30. The van der Waals surface area contributed by atoms with Crippen LogP contribution in [0, 0.1) is 5.92 Å². The third-order valence-corrected chi connectivity index (χ3v) is 3.30. The molecule has 1 saturated carbocycles. The third kappa shape index (κ3) is 5.85. The van der Waals surface area contributed by atoms with Crippen LogP contribution in [-0.2, 0) is 11.2 Å². The minimum Gasteiger partial charge on any atom is -0.435 e. The number of nitrogens with one attached hydrogen (secondary N) is 1. The summed E-state index contributed by atoms with van der Waals surface area (Å²) in [4.78, 5) is 11.8. The van der Waals surface area contributed by atoms with Gasteiger partial charge in [0.1, 0.15) is 5.75 Å². The Morgan fingerprint density at radius 2 is 2.05 bits per heavy atom. The molecule has 3 N–H and O–H groups in total. The van der Waals surface area contributed by atoms with Crippen LogP contribution < -0.4 is 15.8 Å². The van der Waals surface area contributed by atoms with Gasteiger partial charge in [-0.15, -0.1) is 12.4 Å². The van der Waals surface area contributed by atoms with Crippen LogP contribution >= 0.6 is 12.4 Å². The molecule has 0 heterocycles. The van der Waals surface area contributed by atoms with Crippen LogP contribution in [0.4, 0.5) is 8.78 Å². The molecule has 0 radical (unpaired) electrons. The van der Waals surface area contributed by atoms with Crippen molar-refractivity contribution < 1.29 is 18.3 Å². The second-order valence-corrected chi connectivity index (χ2v) is 4.97. The van der Waals surface area contributed by atoms with Crippen molar-refractivity contribution in [3.8, 4) is 5.75 Å². The van der Waals surface area contributed by atoms with Gasteiger partial charge in [0.2, 0.25) is 5.91 Å². The predicted molar refractivity (Wildman–Crippen MR) is 77.7 cm³/mol. The lowest BCUT2D eigenvalue weighted by molar-refractivity contribution is -0.120. The molecule has 0 bridgehead atoms. The van der Waals surface area contributed by atoms with Crippen molar-refractivity contribution in [2.24, 2.45) is 11.7 Å². The molecule has 1 unspecified atom stereocenters. The SMILES string of the molecule is Cl.NC(CNC(=O)Cc1ccccc1OC(F)F)C1CC1. The molecule has 7 heteroatoms. The molecule has 1 aromatic rings. The first-order chi connectivity index (χ1) is 9.56. The summed E-state index contributed by atoms with van der Waals surface area (Å²) >= 11 is 0. The van der Waals surface area contributed by atoms with Crippen molar-refractivity contribution in [1.82, 2.24) is 5.32 Å². The van der Waals surface area contributed by atoms with E-state index < -0.39 is 6.61 Å². The van der Waals surface area contributed by atoms with Crippen molar-refractivity contribution in [1.29, 1.82) is 0 Å². The highest BCUT2D eigenvalue weighted by Gasteiger charge is 2.28. The second-order valence-electron chi connectivity index (χ2n) is 4.97. The molecule has 118 valence electrons. The first-order valence-corrected chi connectivity index (χ1v) is 6.61. The Labute approximate surface area is 128 Å². The molecule has 1 aliphatic rings. The lowest BCUT2D eigenvalue weighted by Crippen LogP contribution is -2.39. The predicted octanol–water partition coefficient (Wildman–Crippen LogP) is 2.11. The lowest BCUT2D eigenvalue weighted by atomic mass is 10.1. The van der Waals surface area contributed by atoms with E-state index in [1.54, 1.807) is 18.2 Å². The van der Waals surface area contributed by atoms with Crippen LogP contribution in [0.2, 0.25) is 0 Å². The normalized spacial score (nSPS) is 15.2. The molecule has 1 aromatic carbocycles. The van der Waals surface area contributed by atoms with E-state index in [2.05, 4.69) is 10.1 Å². The second kappa shape index (κ2) is 8.14. The molecule has 0 saturated heterocycles. The summed E-state index contributed by atoms with van der Waals surface area (Å²) in [7, 11) is 0. The summed E-state index contributed by atoms with van der Waals surface area (Å²) in [6.07, 6.45) is 2.23. The Morgan fingerprint density at radius 1 is 1.38 bits per heavy atom. The molecule has 0 aromatic heterocycles. The summed E-state index contributed by atoms with van der Waals surface area (Å²) in [5, 5.41) is 2.73. The maximum Gasteiger partial charge on any atom is 0.387 e. The van der Waals surface area contributed by atoms with Crippen LogP contribution in [-0.4, -0.2) is 25.1 Å². The fourth-order valence-corrected chi connectivity index (χ4v) is 2.02. The van der Waals surface area contributed by atoms with Crippen molar-refractivity contribution in [2.45, 2.75) is 31.9 Å². The number of rotatable bonds is 7. The first-order valence-electron chi connectivity index (χ1n) is 6.61. The first kappa shape index (κ1) is 17.7. The number of amides is 1. The molecule has 4 nitrogen and oxygen atoms in total. The van der Waals surface area contributed by atoms with Crippen molar-refractivity contribution in [3.63, 3.8) is 0 Å². The Hall–Kier alpha value is -1.40. The molecule has 1 aliphatic carbocycles. The van der Waals surface area contributed by atoms with Gasteiger partial charge in [-0.2, -0.15) is 8.78 Å². The Kier molecular flexibility index (Phi) is 6.84. The molecule has 1 amide bonds. The van der Waals surface area contributed by atoms with Crippen molar-refractivity contribution in [2.75, 3.05) is 6.54 Å². The van der Waals surface area contributed by atoms with E-state index in [1.165, 1.54) is 6.07 Å². The number of para-hydroxylation sites is 1. The Balaban J connectivity index is 0.00000220. The van der Waals surface area contributed by atoms with Gasteiger partial charge in [-0.25, -0.2) is 0 Å². The molecule has 0 aliphatic heterocycles. The zero-order chi connectivity index (χ0) is 14.5. The van der Waals surface area contributed by atoms with Crippen LogP contribution in [0.5, 0.6) is 5.75 Å². The highest BCUT2D eigenvalue weighted by molar-refractivity contribution is 5.85.